The van der Waals surface area contributed by atoms with Gasteiger partial charge in [0.25, 0.3) is 0 Å². The molecule has 0 radical (unpaired) electrons. The zero-order chi connectivity index (χ0) is 28.6. The normalized spacial score (nSPS) is 25.3. The first kappa shape index (κ1) is 29.1. The van der Waals surface area contributed by atoms with Crippen LogP contribution in [0.4, 0.5) is 0 Å². The average molecular weight is 560 g/mol. The Hall–Kier alpha value is -3.36. The van der Waals surface area contributed by atoms with Gasteiger partial charge in [-0.3, -0.25) is 4.79 Å². The first-order chi connectivity index (χ1) is 19.1. The molecule has 0 saturated carbocycles. The summed E-state index contributed by atoms with van der Waals surface area (Å²) < 4.78 is 5.17. The fourth-order valence-electron chi connectivity index (χ4n) is 6.71. The maximum Gasteiger partial charge on any atom is 2.00 e. The third-order valence-electron chi connectivity index (χ3n) is 9.30. The number of aliphatic hydroxyl groups excluding tert-OH is 1. The van der Waals surface area contributed by atoms with Gasteiger partial charge in [-0.25, -0.2) is 0 Å². The third-order valence-corrected chi connectivity index (χ3v) is 9.30. The number of aromatic nitrogens is 3. The molecule has 41 heavy (non-hydrogen) atoms. The van der Waals surface area contributed by atoms with Gasteiger partial charge in [0, 0.05) is 15.9 Å². The van der Waals surface area contributed by atoms with E-state index in [1.807, 2.05) is 19.1 Å². The molecule has 1 unspecified atom stereocenters. The maximum atomic E-state index is 13.1. The van der Waals surface area contributed by atoms with E-state index >= 15 is 0 Å². The molecule has 5 heterocycles. The molecule has 3 aromatic rings. The molecule has 1 fully saturated rings. The topological polar surface area (TPSA) is 105 Å². The minimum atomic E-state index is -0.922. The van der Waals surface area contributed by atoms with Crippen LogP contribution in [-0.4, -0.2) is 52.3 Å². The van der Waals surface area contributed by atoms with Gasteiger partial charge in [0.1, 0.15) is 11.7 Å². The first-order valence-electron chi connectivity index (χ1n) is 13.9. The van der Waals surface area contributed by atoms with Crippen LogP contribution in [0.25, 0.3) is 41.0 Å². The molecule has 2 aliphatic heterocycles. The summed E-state index contributed by atoms with van der Waals surface area (Å²) in [4.78, 5) is 26.8. The van der Waals surface area contributed by atoms with Crippen LogP contribution in [-0.2, 0) is 16.0 Å². The number of nitrogens with one attached hydrogen (secondary N) is 1. The molecule has 8 bridgehead atoms. The van der Waals surface area contributed by atoms with E-state index in [2.05, 4.69) is 58.3 Å². The minimum Gasteiger partial charge on any atom is -0.681 e. The Morgan fingerprint density at radius 2 is 1.73 bits per heavy atom. The molecule has 3 aliphatic rings. The predicted molar refractivity (Wildman–Crippen MR) is 164 cm³/mol. The Morgan fingerprint density at radius 1 is 1.05 bits per heavy atom. The molecule has 4 atom stereocenters. The van der Waals surface area contributed by atoms with Crippen molar-refractivity contribution in [3.05, 3.63) is 83.8 Å². The molecule has 1 saturated heterocycles. The van der Waals surface area contributed by atoms with Crippen LogP contribution in [0.3, 0.4) is 0 Å². The number of rotatable bonds is 3. The fourth-order valence-corrected chi connectivity index (χ4v) is 6.71. The number of H-pyrrole nitrogens is 1. The van der Waals surface area contributed by atoms with Crippen LogP contribution in [0.15, 0.2) is 12.3 Å². The van der Waals surface area contributed by atoms with Crippen LogP contribution < -0.4 is 31.2 Å². The number of allylic oxidation sites excluding steroid dienone is 1. The number of nitrogens with zero attached hydrogens (tertiary/aromatic N) is 3. The zero-order valence-corrected chi connectivity index (χ0v) is 26.3. The monoisotopic (exact) mass is 559 g/mol. The quantitative estimate of drug-likeness (QED) is 0.379. The number of fused-ring (bicyclic) bond motifs is 8. The van der Waals surface area contributed by atoms with Crippen molar-refractivity contribution in [2.45, 2.75) is 54.0 Å². The molecule has 0 aromatic carbocycles. The summed E-state index contributed by atoms with van der Waals surface area (Å²) in [6.07, 6.45) is 8.92. The van der Waals surface area contributed by atoms with Gasteiger partial charge in [0.05, 0.1) is 7.11 Å². The standard InChI is InChI=1S/C33H35N4O3.Mg/c1-9-19-16(5)22-11-21-14(3)15(4)30(36-21)28-29(33(39)40-8)32(38)27-18(7)24(37-31(27)28)13-26-20(10-2)17(6)23(35-26)12-25(19)34-22;/h9,11-15,29-30,35,38H,1,10H2,2-8H3;/q-3;+2/b21-11-,23-12-,26-13-;/t14-,15-,29+,30?;/m0./s1. The largest absolute Gasteiger partial charge is 2.00 e. The second-order valence-electron chi connectivity index (χ2n) is 11.3. The number of esters is 1. The van der Waals surface area contributed by atoms with Crippen LogP contribution in [0.1, 0.15) is 65.7 Å². The molecular weight excluding hydrogens is 525 g/mol. The number of carbonyl (C=O) groups is 1. The Balaban J connectivity index is 0.00000337. The van der Waals surface area contributed by atoms with Gasteiger partial charge < -0.3 is 30.1 Å². The number of methoxy groups -OCH3 is 1. The van der Waals surface area contributed by atoms with Gasteiger partial charge in [-0.05, 0) is 55.7 Å². The van der Waals surface area contributed by atoms with E-state index < -0.39 is 11.9 Å². The minimum absolute atomic E-state index is 0. The van der Waals surface area contributed by atoms with Crippen molar-refractivity contribution in [3.63, 3.8) is 0 Å². The zero-order valence-electron chi connectivity index (χ0n) is 24.8. The number of aromatic amines is 1. The molecular formula is C33H35MgN4O3-. The molecule has 208 valence electrons. The summed E-state index contributed by atoms with van der Waals surface area (Å²) in [5.74, 6) is -1.24. The molecule has 0 spiro atoms. The number of aliphatic hydroxyl groups is 1. The maximum absolute atomic E-state index is 13.1. The molecule has 8 heteroatoms. The summed E-state index contributed by atoms with van der Waals surface area (Å²) in [5.41, 5.74) is 9.36. The van der Waals surface area contributed by atoms with Crippen LogP contribution in [0.2, 0.25) is 0 Å². The van der Waals surface area contributed by atoms with E-state index in [-0.39, 0.29) is 46.7 Å². The molecule has 2 N–H and O–H groups in total. The van der Waals surface area contributed by atoms with Gasteiger partial charge in [-0.1, -0.05) is 74.4 Å². The number of ether oxygens (including phenoxy) is 1. The van der Waals surface area contributed by atoms with Crippen molar-refractivity contribution in [1.82, 2.24) is 15.0 Å². The Labute approximate surface area is 256 Å². The van der Waals surface area contributed by atoms with Crippen LogP contribution in [0.5, 0.6) is 0 Å². The van der Waals surface area contributed by atoms with E-state index in [4.69, 9.17) is 20.0 Å². The Bertz CT molecular complexity index is 1880. The average Bonchev–Trinajstić information content (AvgIpc) is 3.66. The van der Waals surface area contributed by atoms with Gasteiger partial charge >= 0.3 is 29.0 Å². The summed E-state index contributed by atoms with van der Waals surface area (Å²) >= 11 is 0. The fraction of sp³-hybridized carbons (Fsp3) is 0.364. The van der Waals surface area contributed by atoms with E-state index in [1.165, 1.54) is 12.7 Å². The van der Waals surface area contributed by atoms with Gasteiger partial charge in [0.2, 0.25) is 0 Å². The molecule has 0 amide bonds. The summed E-state index contributed by atoms with van der Waals surface area (Å²) in [5, 5.41) is 19.9. The number of hydrogen-bond acceptors (Lipinski definition) is 3. The van der Waals surface area contributed by atoms with Crippen molar-refractivity contribution in [3.8, 4) is 0 Å². The predicted octanol–water partition coefficient (Wildman–Crippen LogP) is 2.34. The molecule has 1 aliphatic carbocycles. The summed E-state index contributed by atoms with van der Waals surface area (Å²) in [6, 6.07) is -0.338. The molecule has 6 rings (SSSR count). The van der Waals surface area contributed by atoms with E-state index in [1.54, 1.807) is 0 Å². The molecule has 3 aromatic heterocycles. The van der Waals surface area contributed by atoms with Crippen molar-refractivity contribution < 1.29 is 14.6 Å². The summed E-state index contributed by atoms with van der Waals surface area (Å²) in [6.45, 7) is 16.6. The van der Waals surface area contributed by atoms with Crippen molar-refractivity contribution in [2.75, 3.05) is 7.11 Å². The number of carbonyl (C=O) groups excluding carboxylic acids is 1. The van der Waals surface area contributed by atoms with Gasteiger partial charge in [0.15, 0.2) is 0 Å². The Morgan fingerprint density at radius 3 is 2.39 bits per heavy atom. The van der Waals surface area contributed by atoms with Crippen molar-refractivity contribution in [1.29, 1.82) is 0 Å². The van der Waals surface area contributed by atoms with Crippen LogP contribution >= 0.6 is 0 Å². The van der Waals surface area contributed by atoms with Gasteiger partial charge in [-0.2, -0.15) is 5.70 Å². The van der Waals surface area contributed by atoms with E-state index in [0.29, 0.717) is 16.1 Å². The van der Waals surface area contributed by atoms with Crippen molar-refractivity contribution >= 4 is 64.7 Å². The first-order valence-corrected chi connectivity index (χ1v) is 13.9. The second kappa shape index (κ2) is 10.5. The van der Waals surface area contributed by atoms with E-state index in [9.17, 15) is 9.90 Å². The SMILES string of the molecule is C=Cc1c2[n-]c(c1C)/C=C1\[N-]C(C3=c4[n-]c(c(C)c4=C(O)[C@@H]3C(=O)OC)/C=c3\[nH]/c(c(C)c3CC)=C\2)[C@@H](C)[C@@H]1C.[Mg+2]. The van der Waals surface area contributed by atoms with Gasteiger partial charge in [-0.15, -0.1) is 22.4 Å². The van der Waals surface area contributed by atoms with Crippen LogP contribution in [0, 0.1) is 38.5 Å². The third kappa shape index (κ3) is 4.17. The van der Waals surface area contributed by atoms with Crippen molar-refractivity contribution in [2.24, 2.45) is 17.8 Å². The summed E-state index contributed by atoms with van der Waals surface area (Å²) in [7, 11) is 1.35. The second-order valence-corrected chi connectivity index (χ2v) is 11.3. The Kier molecular flexibility index (Phi) is 7.45. The molecule has 7 nitrogen and oxygen atoms in total. The van der Waals surface area contributed by atoms with E-state index in [0.717, 1.165) is 62.2 Å². The number of hydrogen-bond donors (Lipinski definition) is 2. The smallest absolute Gasteiger partial charge is 0.681 e.